The van der Waals surface area contributed by atoms with Crippen LogP contribution in [0.3, 0.4) is 0 Å². The highest BCUT2D eigenvalue weighted by Gasteiger charge is 2.46. The maximum absolute atomic E-state index is 6.64. The fourth-order valence-electron chi connectivity index (χ4n) is 3.77. The molecule has 0 saturated carbocycles. The molecule has 0 aliphatic carbocycles. The number of hydrogen-bond donors (Lipinski definition) is 1. The van der Waals surface area contributed by atoms with Gasteiger partial charge >= 0.3 is 0 Å². The first-order valence-electron chi connectivity index (χ1n) is 7.31. The first kappa shape index (κ1) is 13.2. The summed E-state index contributed by atoms with van der Waals surface area (Å²) in [7, 11) is 0. The van der Waals surface area contributed by atoms with E-state index in [0.29, 0.717) is 5.92 Å². The minimum atomic E-state index is -0.0837. The molecule has 4 heteroatoms. The van der Waals surface area contributed by atoms with E-state index in [2.05, 4.69) is 11.8 Å². The van der Waals surface area contributed by atoms with Crippen molar-refractivity contribution in [2.75, 3.05) is 31.3 Å². The van der Waals surface area contributed by atoms with Crippen molar-refractivity contribution >= 4 is 11.8 Å². The molecule has 3 aliphatic heterocycles. The Morgan fingerprint density at radius 3 is 2.67 bits per heavy atom. The van der Waals surface area contributed by atoms with Crippen molar-refractivity contribution in [3.05, 3.63) is 0 Å². The van der Waals surface area contributed by atoms with E-state index in [4.69, 9.17) is 15.2 Å². The van der Waals surface area contributed by atoms with Gasteiger partial charge in [-0.05, 0) is 55.9 Å². The Morgan fingerprint density at radius 2 is 1.94 bits per heavy atom. The lowest BCUT2D eigenvalue weighted by atomic mass is 9.70. The van der Waals surface area contributed by atoms with E-state index in [-0.39, 0.29) is 11.1 Å². The minimum absolute atomic E-state index is 0.0837. The number of hydrogen-bond acceptors (Lipinski definition) is 4. The topological polar surface area (TPSA) is 44.5 Å². The van der Waals surface area contributed by atoms with Gasteiger partial charge in [-0.3, -0.25) is 0 Å². The lowest BCUT2D eigenvalue weighted by molar-refractivity contribution is -0.125. The van der Waals surface area contributed by atoms with Crippen molar-refractivity contribution in [3.63, 3.8) is 0 Å². The standard InChI is InChI=1S/C14H25NO2S/c15-14(3-1-6-16-11-14)12-2-7-17-13(10-12)4-8-18-9-5-13/h12H,1-11,15H2. The van der Waals surface area contributed by atoms with E-state index >= 15 is 0 Å². The van der Waals surface area contributed by atoms with Crippen molar-refractivity contribution in [1.82, 2.24) is 0 Å². The van der Waals surface area contributed by atoms with Gasteiger partial charge in [0.1, 0.15) is 0 Å². The summed E-state index contributed by atoms with van der Waals surface area (Å²) in [5, 5.41) is 0. The van der Waals surface area contributed by atoms with Crippen LogP contribution in [0.2, 0.25) is 0 Å². The van der Waals surface area contributed by atoms with Crippen LogP contribution in [0, 0.1) is 5.92 Å². The third kappa shape index (κ3) is 2.58. The number of thioether (sulfide) groups is 1. The number of rotatable bonds is 1. The zero-order chi connectivity index (χ0) is 12.5. The molecule has 0 aromatic heterocycles. The van der Waals surface area contributed by atoms with Crippen LogP contribution in [-0.4, -0.2) is 42.5 Å². The molecule has 3 aliphatic rings. The molecule has 0 bridgehead atoms. The summed E-state index contributed by atoms with van der Waals surface area (Å²) in [6.45, 7) is 2.54. The number of nitrogens with two attached hydrogens (primary N) is 1. The smallest absolute Gasteiger partial charge is 0.0701 e. The van der Waals surface area contributed by atoms with Gasteiger partial charge in [0.2, 0.25) is 0 Å². The third-order valence-electron chi connectivity index (χ3n) is 5.01. The third-order valence-corrected chi connectivity index (χ3v) is 6.00. The summed E-state index contributed by atoms with van der Waals surface area (Å²) < 4.78 is 11.8. The second-order valence-corrected chi connectivity index (χ2v) is 7.45. The Bertz CT molecular complexity index is 267. The van der Waals surface area contributed by atoms with Crippen LogP contribution in [0.25, 0.3) is 0 Å². The Kier molecular flexibility index (Phi) is 3.90. The van der Waals surface area contributed by atoms with E-state index < -0.39 is 0 Å². The lowest BCUT2D eigenvalue weighted by Crippen LogP contribution is -2.58. The predicted octanol–water partition coefficient (Wildman–Crippen LogP) is 2.19. The molecule has 3 heterocycles. The maximum atomic E-state index is 6.64. The highest BCUT2D eigenvalue weighted by Crippen LogP contribution is 2.44. The normalized spacial score (nSPS) is 40.8. The van der Waals surface area contributed by atoms with E-state index in [1.165, 1.54) is 24.3 Å². The van der Waals surface area contributed by atoms with E-state index in [1.807, 2.05) is 0 Å². The highest BCUT2D eigenvalue weighted by molar-refractivity contribution is 7.99. The number of ether oxygens (including phenoxy) is 2. The maximum Gasteiger partial charge on any atom is 0.0701 e. The van der Waals surface area contributed by atoms with Gasteiger partial charge in [0.25, 0.3) is 0 Å². The molecule has 0 aromatic carbocycles. The van der Waals surface area contributed by atoms with Crippen molar-refractivity contribution in [3.8, 4) is 0 Å². The monoisotopic (exact) mass is 271 g/mol. The van der Waals surface area contributed by atoms with E-state index in [1.54, 1.807) is 0 Å². The van der Waals surface area contributed by atoms with Crippen LogP contribution in [0.15, 0.2) is 0 Å². The van der Waals surface area contributed by atoms with Gasteiger partial charge in [-0.1, -0.05) is 0 Å². The van der Waals surface area contributed by atoms with Gasteiger partial charge in [-0.25, -0.2) is 0 Å². The molecule has 3 fully saturated rings. The second kappa shape index (κ2) is 5.31. The molecule has 3 saturated heterocycles. The quantitative estimate of drug-likeness (QED) is 0.794. The zero-order valence-electron chi connectivity index (χ0n) is 11.2. The lowest BCUT2D eigenvalue weighted by Gasteiger charge is -2.49. The van der Waals surface area contributed by atoms with Crippen molar-refractivity contribution in [2.24, 2.45) is 11.7 Å². The average Bonchev–Trinajstić information content (AvgIpc) is 2.41. The van der Waals surface area contributed by atoms with Crippen LogP contribution in [0.5, 0.6) is 0 Å². The molecule has 104 valence electrons. The van der Waals surface area contributed by atoms with Crippen molar-refractivity contribution < 1.29 is 9.47 Å². The molecular formula is C14H25NO2S. The summed E-state index contributed by atoms with van der Waals surface area (Å²) in [5.74, 6) is 3.09. The molecule has 0 amide bonds. The van der Waals surface area contributed by atoms with Gasteiger partial charge in [-0.2, -0.15) is 11.8 Å². The molecule has 2 atom stereocenters. The van der Waals surface area contributed by atoms with Gasteiger partial charge in [0.05, 0.1) is 12.2 Å². The fourth-order valence-corrected chi connectivity index (χ4v) is 5.01. The molecule has 1 spiro atoms. The Hall–Kier alpha value is 0.230. The SMILES string of the molecule is NC1(C2CCOC3(CCSCC3)C2)CCCOC1. The highest BCUT2D eigenvalue weighted by atomic mass is 32.2. The largest absolute Gasteiger partial charge is 0.380 e. The second-order valence-electron chi connectivity index (χ2n) is 6.22. The van der Waals surface area contributed by atoms with E-state index in [0.717, 1.165) is 45.5 Å². The average molecular weight is 271 g/mol. The molecule has 18 heavy (non-hydrogen) atoms. The van der Waals surface area contributed by atoms with E-state index in [9.17, 15) is 0 Å². The van der Waals surface area contributed by atoms with Gasteiger partial charge in [0, 0.05) is 18.8 Å². The first-order chi connectivity index (χ1) is 8.73. The van der Waals surface area contributed by atoms with Crippen LogP contribution in [-0.2, 0) is 9.47 Å². The Morgan fingerprint density at radius 1 is 1.11 bits per heavy atom. The molecule has 2 N–H and O–H groups in total. The van der Waals surface area contributed by atoms with Crippen LogP contribution in [0.1, 0.15) is 38.5 Å². The van der Waals surface area contributed by atoms with Crippen LogP contribution < -0.4 is 5.73 Å². The fraction of sp³-hybridized carbons (Fsp3) is 1.00. The Balaban J connectivity index is 1.69. The van der Waals surface area contributed by atoms with Crippen molar-refractivity contribution in [1.29, 1.82) is 0 Å². The van der Waals surface area contributed by atoms with Crippen LogP contribution in [0.4, 0.5) is 0 Å². The summed E-state index contributed by atoms with van der Waals surface area (Å²) in [4.78, 5) is 0. The summed E-state index contributed by atoms with van der Waals surface area (Å²) in [6, 6.07) is 0. The predicted molar refractivity (Wildman–Crippen MR) is 74.9 cm³/mol. The molecule has 3 nitrogen and oxygen atoms in total. The van der Waals surface area contributed by atoms with Crippen molar-refractivity contribution in [2.45, 2.75) is 49.7 Å². The summed E-state index contributed by atoms with van der Waals surface area (Å²) in [5.41, 5.74) is 6.71. The molecule has 3 rings (SSSR count). The summed E-state index contributed by atoms with van der Waals surface area (Å²) in [6.07, 6.45) is 6.96. The van der Waals surface area contributed by atoms with Gasteiger partial charge < -0.3 is 15.2 Å². The molecular weight excluding hydrogens is 246 g/mol. The minimum Gasteiger partial charge on any atom is -0.380 e. The van der Waals surface area contributed by atoms with Crippen LogP contribution >= 0.6 is 11.8 Å². The van der Waals surface area contributed by atoms with Gasteiger partial charge in [0.15, 0.2) is 0 Å². The first-order valence-corrected chi connectivity index (χ1v) is 8.46. The molecule has 0 aromatic rings. The molecule has 2 unspecified atom stereocenters. The molecule has 0 radical (unpaired) electrons. The summed E-state index contributed by atoms with van der Waals surface area (Å²) >= 11 is 2.06. The van der Waals surface area contributed by atoms with Gasteiger partial charge in [-0.15, -0.1) is 0 Å². The zero-order valence-corrected chi connectivity index (χ0v) is 12.0. The Labute approximate surface area is 114 Å².